The van der Waals surface area contributed by atoms with E-state index in [0.29, 0.717) is 41.3 Å². The predicted molar refractivity (Wildman–Crippen MR) is 157 cm³/mol. The van der Waals surface area contributed by atoms with Gasteiger partial charge < -0.3 is 20.9 Å². The molecule has 0 saturated carbocycles. The Bertz CT molecular complexity index is 1640. The van der Waals surface area contributed by atoms with Gasteiger partial charge in [0.05, 0.1) is 11.3 Å². The summed E-state index contributed by atoms with van der Waals surface area (Å²) in [6.45, 7) is 7.71. The number of piperidine rings is 2. The molecule has 2 fully saturated rings. The number of nitrogens with one attached hydrogen (secondary N) is 1. The summed E-state index contributed by atoms with van der Waals surface area (Å²) in [5, 5.41) is 17.5. The first kappa shape index (κ1) is 27.8. The number of nitriles is 1. The van der Waals surface area contributed by atoms with Gasteiger partial charge >= 0.3 is 0 Å². The number of hydrogen-bond acceptors (Lipinski definition) is 9. The summed E-state index contributed by atoms with van der Waals surface area (Å²) in [6, 6.07) is 11.2. The standard InChI is InChI=1S/C30H34F2N10/c1-18(2)40-12-9-19(10-13-40)29-38-27-15-25(23-7-6-21(31)14-24(23)32)36-30(42(27)39-29)41-11-3-4-22(17-41)35-26-8-5-20(16-33)28(34)37-26/h5-8,14-15,18-19,22H,3-4,9-13,17H2,1-2H3,(H3,34,35,37). The fraction of sp³-hybridized carbons (Fsp3) is 0.433. The van der Waals surface area contributed by atoms with Crippen molar-refractivity contribution in [3.05, 3.63) is 59.4 Å². The lowest BCUT2D eigenvalue weighted by Crippen LogP contribution is -2.43. The topological polar surface area (TPSA) is 124 Å². The van der Waals surface area contributed by atoms with E-state index in [-0.39, 0.29) is 23.3 Å². The predicted octanol–water partition coefficient (Wildman–Crippen LogP) is 4.59. The first-order chi connectivity index (χ1) is 20.3. The zero-order valence-corrected chi connectivity index (χ0v) is 23.8. The number of hydrogen-bond donors (Lipinski definition) is 2. The summed E-state index contributed by atoms with van der Waals surface area (Å²) in [6.07, 6.45) is 3.70. The molecule has 0 radical (unpaired) electrons. The summed E-state index contributed by atoms with van der Waals surface area (Å²) in [4.78, 5) is 18.7. The van der Waals surface area contributed by atoms with Crippen molar-refractivity contribution in [2.75, 3.05) is 42.1 Å². The molecule has 3 aromatic heterocycles. The Hall–Kier alpha value is -4.37. The molecule has 0 amide bonds. The van der Waals surface area contributed by atoms with Crippen molar-refractivity contribution in [1.82, 2.24) is 29.5 Å². The van der Waals surface area contributed by atoms with Gasteiger partial charge in [-0.3, -0.25) is 0 Å². The summed E-state index contributed by atoms with van der Waals surface area (Å²) in [7, 11) is 0. The smallest absolute Gasteiger partial charge is 0.229 e. The van der Waals surface area contributed by atoms with Crippen LogP contribution in [0.5, 0.6) is 0 Å². The lowest BCUT2D eigenvalue weighted by Gasteiger charge is -2.34. The summed E-state index contributed by atoms with van der Waals surface area (Å²) < 4.78 is 30.4. The minimum Gasteiger partial charge on any atom is -0.383 e. The molecular formula is C30H34F2N10. The van der Waals surface area contributed by atoms with E-state index in [1.807, 2.05) is 6.07 Å². The second kappa shape index (κ2) is 11.5. The number of nitrogen functional groups attached to an aromatic ring is 1. The third-order valence-electron chi connectivity index (χ3n) is 8.26. The second-order valence-corrected chi connectivity index (χ2v) is 11.4. The highest BCUT2D eigenvalue weighted by molar-refractivity contribution is 5.67. The highest BCUT2D eigenvalue weighted by atomic mass is 19.1. The molecule has 0 aliphatic carbocycles. The van der Waals surface area contributed by atoms with Gasteiger partial charge in [0.15, 0.2) is 11.5 Å². The van der Waals surface area contributed by atoms with Crippen molar-refractivity contribution in [2.24, 2.45) is 0 Å². The number of halogens is 2. The molecule has 5 heterocycles. The number of aromatic nitrogens is 5. The summed E-state index contributed by atoms with van der Waals surface area (Å²) in [5.41, 5.74) is 7.42. The van der Waals surface area contributed by atoms with Gasteiger partial charge in [0, 0.05) is 48.8 Å². The van der Waals surface area contributed by atoms with E-state index >= 15 is 0 Å². The molecule has 2 saturated heterocycles. The molecule has 1 atom stereocenters. The molecule has 42 heavy (non-hydrogen) atoms. The number of nitrogens with two attached hydrogens (primary N) is 1. The minimum absolute atomic E-state index is 0.0185. The van der Waals surface area contributed by atoms with Crippen molar-refractivity contribution in [1.29, 1.82) is 5.26 Å². The molecule has 218 valence electrons. The van der Waals surface area contributed by atoms with Gasteiger partial charge in [0.1, 0.15) is 29.3 Å². The summed E-state index contributed by atoms with van der Waals surface area (Å²) in [5.74, 6) is 1.00. The van der Waals surface area contributed by atoms with Crippen LogP contribution in [0.1, 0.15) is 56.8 Å². The molecule has 0 bridgehead atoms. The van der Waals surface area contributed by atoms with Gasteiger partial charge in [-0.25, -0.2) is 23.7 Å². The molecule has 2 aliphatic heterocycles. The maximum Gasteiger partial charge on any atom is 0.229 e. The van der Waals surface area contributed by atoms with Gasteiger partial charge in [-0.1, -0.05) is 0 Å². The van der Waals surface area contributed by atoms with Crippen LogP contribution in [0.2, 0.25) is 0 Å². The van der Waals surface area contributed by atoms with Crippen molar-refractivity contribution in [3.8, 4) is 17.3 Å². The number of pyridine rings is 1. The molecule has 3 N–H and O–H groups in total. The minimum atomic E-state index is -0.679. The fourth-order valence-electron chi connectivity index (χ4n) is 5.91. The second-order valence-electron chi connectivity index (χ2n) is 11.4. The van der Waals surface area contributed by atoms with Crippen LogP contribution in [0.25, 0.3) is 16.9 Å². The molecule has 1 unspecified atom stereocenters. The highest BCUT2D eigenvalue weighted by Gasteiger charge is 2.29. The van der Waals surface area contributed by atoms with Crippen LogP contribution in [0.15, 0.2) is 36.4 Å². The number of fused-ring (bicyclic) bond motifs is 1. The Labute approximate surface area is 243 Å². The normalized spacial score (nSPS) is 18.5. The van der Waals surface area contributed by atoms with E-state index in [9.17, 15) is 14.0 Å². The monoisotopic (exact) mass is 572 g/mol. The fourth-order valence-corrected chi connectivity index (χ4v) is 5.91. The van der Waals surface area contributed by atoms with E-state index < -0.39 is 11.6 Å². The Balaban J connectivity index is 1.34. The van der Waals surface area contributed by atoms with Crippen LogP contribution in [0, 0.1) is 23.0 Å². The average molecular weight is 573 g/mol. The third-order valence-corrected chi connectivity index (χ3v) is 8.26. The zero-order valence-electron chi connectivity index (χ0n) is 23.8. The van der Waals surface area contributed by atoms with E-state index in [0.717, 1.165) is 57.2 Å². The lowest BCUT2D eigenvalue weighted by molar-refractivity contribution is 0.169. The van der Waals surface area contributed by atoms with Gasteiger partial charge in [0.2, 0.25) is 5.95 Å². The van der Waals surface area contributed by atoms with Crippen LogP contribution >= 0.6 is 0 Å². The molecule has 6 rings (SSSR count). The number of nitrogens with zero attached hydrogens (tertiary/aromatic N) is 8. The third kappa shape index (κ3) is 5.56. The molecule has 0 spiro atoms. The number of anilines is 3. The quantitative estimate of drug-likeness (QED) is 0.341. The van der Waals surface area contributed by atoms with Crippen molar-refractivity contribution < 1.29 is 8.78 Å². The number of likely N-dealkylation sites (tertiary alicyclic amines) is 1. The number of rotatable bonds is 6. The van der Waals surface area contributed by atoms with Crippen LogP contribution in [-0.2, 0) is 0 Å². The average Bonchev–Trinajstić information content (AvgIpc) is 3.41. The lowest BCUT2D eigenvalue weighted by atomic mass is 9.95. The van der Waals surface area contributed by atoms with Crippen LogP contribution in [0.4, 0.5) is 26.4 Å². The zero-order chi connectivity index (χ0) is 29.4. The molecule has 10 nitrogen and oxygen atoms in total. The Kier molecular flexibility index (Phi) is 7.60. The maximum absolute atomic E-state index is 14.9. The molecule has 2 aliphatic rings. The van der Waals surface area contributed by atoms with Gasteiger partial charge in [0.25, 0.3) is 0 Å². The van der Waals surface area contributed by atoms with Crippen LogP contribution in [-0.4, -0.2) is 67.7 Å². The number of benzene rings is 1. The molecule has 1 aromatic carbocycles. The first-order valence-corrected chi connectivity index (χ1v) is 14.4. The van der Waals surface area contributed by atoms with Crippen molar-refractivity contribution in [3.63, 3.8) is 0 Å². The van der Waals surface area contributed by atoms with Crippen molar-refractivity contribution in [2.45, 2.75) is 57.5 Å². The SMILES string of the molecule is CC(C)N1CCC(c2nc3cc(-c4ccc(F)cc4F)nc(N4CCCC(Nc5ccc(C#N)c(N)n5)C4)n3n2)CC1. The Morgan fingerprint density at radius 2 is 1.83 bits per heavy atom. The van der Waals surface area contributed by atoms with Gasteiger partial charge in [-0.2, -0.15) is 9.78 Å². The first-order valence-electron chi connectivity index (χ1n) is 14.4. The van der Waals surface area contributed by atoms with E-state index in [1.165, 1.54) is 12.1 Å². The molecular weight excluding hydrogens is 538 g/mol. The van der Waals surface area contributed by atoms with Gasteiger partial charge in [-0.15, -0.1) is 5.10 Å². The van der Waals surface area contributed by atoms with E-state index in [2.05, 4.69) is 33.9 Å². The molecule has 12 heteroatoms. The Morgan fingerprint density at radius 1 is 1.02 bits per heavy atom. The van der Waals surface area contributed by atoms with Crippen LogP contribution < -0.4 is 16.0 Å². The van der Waals surface area contributed by atoms with Crippen LogP contribution in [0.3, 0.4) is 0 Å². The summed E-state index contributed by atoms with van der Waals surface area (Å²) >= 11 is 0. The van der Waals surface area contributed by atoms with Crippen molar-refractivity contribution >= 4 is 23.2 Å². The highest BCUT2D eigenvalue weighted by Crippen LogP contribution is 2.31. The van der Waals surface area contributed by atoms with E-state index in [1.54, 1.807) is 22.7 Å². The Morgan fingerprint density at radius 3 is 2.55 bits per heavy atom. The maximum atomic E-state index is 14.9. The van der Waals surface area contributed by atoms with E-state index in [4.69, 9.17) is 20.8 Å². The largest absolute Gasteiger partial charge is 0.383 e. The van der Waals surface area contributed by atoms with Gasteiger partial charge in [-0.05, 0) is 76.9 Å². The molecule has 4 aromatic rings.